The zero-order valence-electron chi connectivity index (χ0n) is 8.62. The zero-order chi connectivity index (χ0) is 9.68. The van der Waals surface area contributed by atoms with Gasteiger partial charge < -0.3 is 0 Å². The van der Waals surface area contributed by atoms with Gasteiger partial charge in [-0.05, 0) is 0 Å². The molecule has 0 aromatic heterocycles. The van der Waals surface area contributed by atoms with Gasteiger partial charge in [-0.3, -0.25) is 0 Å². The Labute approximate surface area is 81.1 Å². The zero-order valence-corrected chi connectivity index (χ0v) is 8.62. The van der Waals surface area contributed by atoms with E-state index in [0.717, 1.165) is 26.2 Å². The van der Waals surface area contributed by atoms with E-state index in [0.29, 0.717) is 12.5 Å². The Morgan fingerprint density at radius 3 is 2.77 bits per heavy atom. The number of likely N-dealkylation sites (tertiary alicyclic amines) is 1. The predicted octanol–water partition coefficient (Wildman–Crippen LogP) is 0.313. The van der Waals surface area contributed by atoms with Crippen LogP contribution in [0.5, 0.6) is 0 Å². The van der Waals surface area contributed by atoms with E-state index in [9.17, 15) is 4.70 Å². The minimum atomic E-state index is 0.499. The second-order valence-corrected chi connectivity index (χ2v) is 3.70. The molecule has 0 radical (unpaired) electrons. The SMILES string of the molecule is CC[C@H]1CN(CC)CC1NCB=O. The van der Waals surface area contributed by atoms with Gasteiger partial charge >= 0.3 is 80.4 Å². The Balaban J connectivity index is 2.37. The summed E-state index contributed by atoms with van der Waals surface area (Å²) in [6.45, 7) is 7.82. The normalized spacial score (nSPS) is 29.1. The molecule has 13 heavy (non-hydrogen) atoms. The van der Waals surface area contributed by atoms with E-state index < -0.39 is 0 Å². The third kappa shape index (κ3) is 2.88. The van der Waals surface area contributed by atoms with Gasteiger partial charge in [-0.2, -0.15) is 0 Å². The molecule has 1 aliphatic rings. The topological polar surface area (TPSA) is 32.3 Å². The van der Waals surface area contributed by atoms with Gasteiger partial charge in [-0.15, -0.1) is 0 Å². The van der Waals surface area contributed by atoms with E-state index in [4.69, 9.17) is 0 Å². The molecule has 0 saturated carbocycles. The van der Waals surface area contributed by atoms with Crippen LogP contribution in [-0.2, 0) is 4.70 Å². The van der Waals surface area contributed by atoms with Crippen LogP contribution in [0.4, 0.5) is 0 Å². The average Bonchev–Trinajstić information content (AvgIpc) is 2.57. The second-order valence-electron chi connectivity index (χ2n) is 3.70. The summed E-state index contributed by atoms with van der Waals surface area (Å²) in [5, 5.41) is 3.29. The van der Waals surface area contributed by atoms with E-state index in [1.54, 1.807) is 0 Å². The van der Waals surface area contributed by atoms with Gasteiger partial charge in [0.05, 0.1) is 0 Å². The molecule has 4 heteroatoms. The molecule has 0 bridgehead atoms. The standard InChI is InChI=1S/C9H19BN2O/c1-3-8-5-12(4-2)6-9(8)11-7-10-13/h8-9,11H,3-7H2,1-2H3/t8-,9?/m0/s1. The van der Waals surface area contributed by atoms with Crippen LogP contribution in [-0.4, -0.2) is 44.2 Å². The molecule has 0 aromatic rings. The van der Waals surface area contributed by atoms with Crippen molar-refractivity contribution in [3.63, 3.8) is 0 Å². The Morgan fingerprint density at radius 1 is 1.46 bits per heavy atom. The number of nitrogens with zero attached hydrogens (tertiary/aromatic N) is 1. The number of likely N-dealkylation sites (N-methyl/N-ethyl adjacent to an activating group) is 1. The molecule has 1 saturated heterocycles. The fourth-order valence-corrected chi connectivity index (χ4v) is 2.06. The third-order valence-corrected chi connectivity index (χ3v) is 2.95. The third-order valence-electron chi connectivity index (χ3n) is 2.95. The summed E-state index contributed by atoms with van der Waals surface area (Å²) in [6, 6.07) is 0.523. The van der Waals surface area contributed by atoms with Gasteiger partial charge in [0.25, 0.3) is 0 Å². The predicted molar refractivity (Wildman–Crippen MR) is 54.1 cm³/mol. The Bertz CT molecular complexity index is 166. The summed E-state index contributed by atoms with van der Waals surface area (Å²) in [7, 11) is 0.946. The Hall–Kier alpha value is -0.215. The molecule has 0 amide bonds. The first-order valence-corrected chi connectivity index (χ1v) is 5.21. The van der Waals surface area contributed by atoms with Gasteiger partial charge in [0.2, 0.25) is 0 Å². The van der Waals surface area contributed by atoms with Crippen LogP contribution in [0.3, 0.4) is 0 Å². The summed E-state index contributed by atoms with van der Waals surface area (Å²) < 4.78 is 10.2. The average molecular weight is 182 g/mol. The van der Waals surface area contributed by atoms with Crippen molar-refractivity contribution in [3.05, 3.63) is 0 Å². The van der Waals surface area contributed by atoms with Crippen molar-refractivity contribution in [3.8, 4) is 0 Å². The van der Waals surface area contributed by atoms with Crippen LogP contribution in [0.2, 0.25) is 0 Å². The molecule has 1 N–H and O–H groups in total. The van der Waals surface area contributed by atoms with Crippen molar-refractivity contribution in [2.75, 3.05) is 26.1 Å². The molecule has 2 atom stereocenters. The molecule has 1 heterocycles. The monoisotopic (exact) mass is 182 g/mol. The first-order valence-electron chi connectivity index (χ1n) is 5.21. The fraction of sp³-hybridized carbons (Fsp3) is 1.00. The molecule has 0 aromatic carbocycles. The molecular formula is C9H19BN2O. The maximum atomic E-state index is 10.2. The number of nitrogens with one attached hydrogen (secondary N) is 1. The van der Waals surface area contributed by atoms with Gasteiger partial charge in [-0.1, -0.05) is 0 Å². The molecule has 0 spiro atoms. The summed E-state index contributed by atoms with van der Waals surface area (Å²) >= 11 is 0. The number of hydrogen-bond acceptors (Lipinski definition) is 3. The maximum absolute atomic E-state index is 10.2. The van der Waals surface area contributed by atoms with Crippen molar-refractivity contribution < 1.29 is 4.70 Å². The van der Waals surface area contributed by atoms with Gasteiger partial charge in [-0.25, -0.2) is 0 Å². The van der Waals surface area contributed by atoms with Gasteiger partial charge in [0, 0.05) is 0 Å². The molecule has 1 unspecified atom stereocenters. The summed E-state index contributed by atoms with van der Waals surface area (Å²) in [4.78, 5) is 2.44. The van der Waals surface area contributed by atoms with Crippen molar-refractivity contribution in [2.24, 2.45) is 5.92 Å². The van der Waals surface area contributed by atoms with Gasteiger partial charge in [0.1, 0.15) is 0 Å². The number of hydrogen-bond donors (Lipinski definition) is 1. The van der Waals surface area contributed by atoms with Crippen LogP contribution in [0.15, 0.2) is 0 Å². The molecule has 0 aliphatic carbocycles. The van der Waals surface area contributed by atoms with E-state index in [2.05, 4.69) is 24.1 Å². The molecule has 1 aliphatic heterocycles. The van der Waals surface area contributed by atoms with Crippen LogP contribution in [0, 0.1) is 5.92 Å². The van der Waals surface area contributed by atoms with Crippen LogP contribution < -0.4 is 5.32 Å². The van der Waals surface area contributed by atoms with Crippen molar-refractivity contribution >= 4 is 7.15 Å². The van der Waals surface area contributed by atoms with Crippen molar-refractivity contribution in [1.82, 2.24) is 10.2 Å². The number of rotatable bonds is 5. The van der Waals surface area contributed by atoms with Crippen LogP contribution in [0.25, 0.3) is 0 Å². The van der Waals surface area contributed by atoms with E-state index in [1.165, 1.54) is 13.0 Å². The Morgan fingerprint density at radius 2 is 2.23 bits per heavy atom. The van der Waals surface area contributed by atoms with Crippen molar-refractivity contribution in [2.45, 2.75) is 26.3 Å². The van der Waals surface area contributed by atoms with Crippen LogP contribution >= 0.6 is 0 Å². The molecule has 74 valence electrons. The quantitative estimate of drug-likeness (QED) is 0.621. The molecule has 1 fully saturated rings. The van der Waals surface area contributed by atoms with Crippen molar-refractivity contribution in [1.29, 1.82) is 0 Å². The second kappa shape index (κ2) is 5.50. The molecule has 1 rings (SSSR count). The van der Waals surface area contributed by atoms with Gasteiger partial charge in [0.15, 0.2) is 0 Å². The summed E-state index contributed by atoms with van der Waals surface area (Å²) in [5.74, 6) is 0.722. The first-order chi connectivity index (χ1) is 6.31. The van der Waals surface area contributed by atoms with E-state index in [-0.39, 0.29) is 0 Å². The Kier molecular flexibility index (Phi) is 4.60. The molecule has 3 nitrogen and oxygen atoms in total. The fourth-order valence-electron chi connectivity index (χ4n) is 2.06. The minimum absolute atomic E-state index is 0.499. The van der Waals surface area contributed by atoms with Crippen LogP contribution in [0.1, 0.15) is 20.3 Å². The van der Waals surface area contributed by atoms with E-state index >= 15 is 0 Å². The molecular weight excluding hydrogens is 163 g/mol. The first kappa shape index (κ1) is 10.9. The van der Waals surface area contributed by atoms with E-state index in [1.807, 2.05) is 0 Å². The summed E-state index contributed by atoms with van der Waals surface area (Å²) in [6.07, 6.45) is 1.70. The summed E-state index contributed by atoms with van der Waals surface area (Å²) in [5.41, 5.74) is 0.